The quantitative estimate of drug-likeness (QED) is 0.552. The van der Waals surface area contributed by atoms with E-state index in [9.17, 15) is 40.6 Å². The smallest absolute Gasteiger partial charge is 0.396 e. The maximum atomic E-state index is 13.0. The number of nitrogens with one attached hydrogen (secondary N) is 1. The van der Waals surface area contributed by atoms with Gasteiger partial charge in [-0.1, -0.05) is 12.1 Å². The zero-order valence-corrected chi connectivity index (χ0v) is 14.8. The molecule has 0 radical (unpaired) electrons. The molecule has 5 nitrogen and oxygen atoms in total. The Morgan fingerprint density at radius 3 is 2.34 bits per heavy atom. The Bertz CT molecular complexity index is 695. The highest BCUT2D eigenvalue weighted by atomic mass is 19.4. The molecule has 0 heterocycles. The third-order valence-corrected chi connectivity index (χ3v) is 4.58. The van der Waals surface area contributed by atoms with Gasteiger partial charge in [0.1, 0.15) is 5.75 Å². The van der Waals surface area contributed by atoms with Crippen LogP contribution in [0, 0.1) is 5.41 Å². The second kappa shape index (κ2) is 9.16. The molecule has 164 valence electrons. The van der Waals surface area contributed by atoms with Crippen molar-refractivity contribution in [2.24, 2.45) is 5.41 Å². The molecule has 2 rings (SSSR count). The van der Waals surface area contributed by atoms with E-state index in [4.69, 9.17) is 0 Å². The average Bonchev–Trinajstić information content (AvgIpc) is 3.39. The topological polar surface area (TPSA) is 67.8 Å². The lowest BCUT2D eigenvalue weighted by atomic mass is 9.95. The van der Waals surface area contributed by atoms with Crippen LogP contribution < -0.4 is 10.1 Å². The van der Waals surface area contributed by atoms with Gasteiger partial charge in [-0.05, 0) is 30.5 Å². The van der Waals surface area contributed by atoms with Crippen LogP contribution in [0.5, 0.6) is 5.75 Å². The van der Waals surface area contributed by atoms with Gasteiger partial charge in [0, 0.05) is 0 Å². The highest BCUT2D eigenvalue weighted by molar-refractivity contribution is 5.77. The molecule has 0 aromatic heterocycles. The van der Waals surface area contributed by atoms with Crippen LogP contribution in [0.2, 0.25) is 0 Å². The Balaban J connectivity index is 2.09. The lowest BCUT2D eigenvalue weighted by Gasteiger charge is -2.26. The molecule has 0 unspecified atom stereocenters. The zero-order chi connectivity index (χ0) is 21.8. The van der Waals surface area contributed by atoms with Crippen molar-refractivity contribution in [1.29, 1.82) is 0 Å². The molecule has 1 aliphatic rings. The molecule has 0 spiro atoms. The van der Waals surface area contributed by atoms with Gasteiger partial charge in [0.05, 0.1) is 30.6 Å². The monoisotopic (exact) mass is 433 g/mol. The molecule has 12 heteroatoms. The van der Waals surface area contributed by atoms with E-state index in [1.165, 1.54) is 12.1 Å². The molecule has 0 bridgehead atoms. The summed E-state index contributed by atoms with van der Waals surface area (Å²) in [6, 6.07) is 3.46. The van der Waals surface area contributed by atoms with E-state index in [1.807, 2.05) is 0 Å². The summed E-state index contributed by atoms with van der Waals surface area (Å²) in [7, 11) is 0. The number of hydrogen-bond donors (Lipinski definition) is 2. The van der Waals surface area contributed by atoms with Crippen LogP contribution in [0.1, 0.15) is 30.9 Å². The van der Waals surface area contributed by atoms with Crippen LogP contribution in [0.4, 0.5) is 30.7 Å². The number of rotatable bonds is 10. The van der Waals surface area contributed by atoms with Crippen molar-refractivity contribution in [2.75, 3.05) is 6.61 Å². The molecule has 1 aromatic carbocycles. The van der Waals surface area contributed by atoms with E-state index in [2.05, 4.69) is 14.8 Å². The molecule has 29 heavy (non-hydrogen) atoms. The van der Waals surface area contributed by atoms with Crippen molar-refractivity contribution >= 4 is 5.91 Å². The van der Waals surface area contributed by atoms with Gasteiger partial charge < -0.3 is 19.9 Å². The number of halogens is 7. The van der Waals surface area contributed by atoms with Gasteiger partial charge in [-0.25, -0.2) is 0 Å². The Morgan fingerprint density at radius 2 is 1.83 bits per heavy atom. The molecule has 0 aliphatic heterocycles. The number of amides is 1. The van der Waals surface area contributed by atoms with Crippen molar-refractivity contribution in [1.82, 2.24) is 5.32 Å². The fraction of sp³-hybridized carbons (Fsp3) is 0.588. The van der Waals surface area contributed by atoms with Gasteiger partial charge in [-0.2, -0.15) is 30.7 Å². The van der Waals surface area contributed by atoms with Gasteiger partial charge in [-0.3, -0.25) is 4.79 Å². The number of aliphatic hydroxyl groups excluding tert-OH is 1. The summed E-state index contributed by atoms with van der Waals surface area (Å²) >= 11 is 0. The van der Waals surface area contributed by atoms with E-state index in [0.717, 1.165) is 12.1 Å². The number of hydrogen-bond acceptors (Lipinski definition) is 4. The van der Waals surface area contributed by atoms with Gasteiger partial charge in [0.15, 0.2) is 0 Å². The fourth-order valence-electron chi connectivity index (χ4n) is 2.86. The normalized spacial score (nSPS) is 17.9. The molecular weight excluding hydrogens is 415 g/mol. The van der Waals surface area contributed by atoms with Gasteiger partial charge in [0.2, 0.25) is 5.91 Å². The van der Waals surface area contributed by atoms with Crippen LogP contribution in [0.25, 0.3) is 0 Å². The molecule has 2 N–H and O–H groups in total. The number of alkyl halides is 7. The van der Waals surface area contributed by atoms with Crippen molar-refractivity contribution in [2.45, 2.75) is 50.8 Å². The Labute approximate surface area is 160 Å². The summed E-state index contributed by atoms with van der Waals surface area (Å²) in [5, 5.41) is 12.0. The van der Waals surface area contributed by atoms with Gasteiger partial charge in [0.25, 0.3) is 0 Å². The predicted molar refractivity (Wildman–Crippen MR) is 84.3 cm³/mol. The number of aliphatic hydroxyl groups is 1. The third-order valence-electron chi connectivity index (χ3n) is 4.58. The average molecular weight is 433 g/mol. The van der Waals surface area contributed by atoms with Crippen molar-refractivity contribution in [3.8, 4) is 5.75 Å². The lowest BCUT2D eigenvalue weighted by molar-refractivity contribution is -0.214. The van der Waals surface area contributed by atoms with Crippen molar-refractivity contribution < 1.29 is 50.1 Å². The first-order valence-electron chi connectivity index (χ1n) is 8.43. The molecule has 1 aliphatic carbocycles. The second-order valence-electron chi connectivity index (χ2n) is 6.54. The predicted octanol–water partition coefficient (Wildman–Crippen LogP) is 3.78. The summed E-state index contributed by atoms with van der Waals surface area (Å²) < 4.78 is 96.8. The highest BCUT2D eigenvalue weighted by Crippen LogP contribution is 2.60. The SMILES string of the molecule is O=C(C[C@@H](O)C1(C(F)(F)F)CC1)N[C@@H](COC(F)F)c1cccc(OC(F)F)c1. The Hall–Kier alpha value is -2.08. The second-order valence-corrected chi connectivity index (χ2v) is 6.54. The minimum Gasteiger partial charge on any atom is -0.435 e. The van der Waals surface area contributed by atoms with Crippen molar-refractivity contribution in [3.63, 3.8) is 0 Å². The summed E-state index contributed by atoms with van der Waals surface area (Å²) in [5.41, 5.74) is -2.31. The van der Waals surface area contributed by atoms with E-state index in [1.54, 1.807) is 0 Å². The third kappa shape index (κ3) is 6.20. The van der Waals surface area contributed by atoms with Crippen LogP contribution in [-0.4, -0.2) is 43.1 Å². The van der Waals surface area contributed by atoms with Gasteiger partial charge >= 0.3 is 19.4 Å². The summed E-state index contributed by atoms with van der Waals surface area (Å²) in [6.07, 6.45) is -8.26. The Morgan fingerprint density at radius 1 is 1.17 bits per heavy atom. The summed E-state index contributed by atoms with van der Waals surface area (Å²) in [5.74, 6) is -1.36. The van der Waals surface area contributed by atoms with Crippen molar-refractivity contribution in [3.05, 3.63) is 29.8 Å². The first-order valence-corrected chi connectivity index (χ1v) is 8.43. The Kier molecular flexibility index (Phi) is 7.33. The molecule has 2 atom stereocenters. The number of ether oxygens (including phenoxy) is 2. The first kappa shape index (κ1) is 23.2. The van der Waals surface area contributed by atoms with Gasteiger partial charge in [-0.15, -0.1) is 0 Å². The fourth-order valence-corrected chi connectivity index (χ4v) is 2.86. The number of carbonyl (C=O) groups excluding carboxylic acids is 1. The minimum absolute atomic E-state index is 0.0450. The van der Waals surface area contributed by atoms with E-state index >= 15 is 0 Å². The maximum absolute atomic E-state index is 13.0. The van der Waals surface area contributed by atoms with Crippen LogP contribution in [-0.2, 0) is 9.53 Å². The molecule has 0 saturated heterocycles. The number of carbonyl (C=O) groups is 1. The van der Waals surface area contributed by atoms with E-state index in [0.29, 0.717) is 0 Å². The van der Waals surface area contributed by atoms with Crippen LogP contribution >= 0.6 is 0 Å². The van der Waals surface area contributed by atoms with E-state index in [-0.39, 0.29) is 24.2 Å². The lowest BCUT2D eigenvalue weighted by Crippen LogP contribution is -2.41. The molecule has 1 saturated carbocycles. The standard InChI is InChI=1S/C17H18F7NO4/c18-14(19)28-8-11(9-2-1-3-10(6-9)29-15(20)21)25-13(27)7-12(26)16(4-5-16)17(22,23)24/h1-3,6,11-12,14-15,26H,4-5,7-8H2,(H,25,27)/t11-,12+/m0/s1. The molecule has 1 aromatic rings. The maximum Gasteiger partial charge on any atom is 0.396 e. The molecule has 1 amide bonds. The zero-order valence-electron chi connectivity index (χ0n) is 14.8. The van der Waals surface area contributed by atoms with Crippen LogP contribution in [0.15, 0.2) is 24.3 Å². The molecule has 1 fully saturated rings. The number of benzene rings is 1. The molecular formula is C17H18F7NO4. The first-order chi connectivity index (χ1) is 13.4. The largest absolute Gasteiger partial charge is 0.435 e. The summed E-state index contributed by atoms with van der Waals surface area (Å²) in [6.45, 7) is -7.15. The minimum atomic E-state index is -4.69. The van der Waals surface area contributed by atoms with Crippen LogP contribution in [0.3, 0.4) is 0 Å². The van der Waals surface area contributed by atoms with E-state index < -0.39 is 55.9 Å². The highest BCUT2D eigenvalue weighted by Gasteiger charge is 2.67. The summed E-state index contributed by atoms with van der Waals surface area (Å²) in [4.78, 5) is 12.1.